The number of rotatable bonds is 6. The normalized spacial score (nSPS) is 11.2. The van der Waals surface area contributed by atoms with Gasteiger partial charge in [0.2, 0.25) is 0 Å². The van der Waals surface area contributed by atoms with Gasteiger partial charge in [0.1, 0.15) is 5.75 Å². The van der Waals surface area contributed by atoms with Crippen LogP contribution in [0.5, 0.6) is 5.75 Å². The smallest absolute Gasteiger partial charge is 0.251 e. The van der Waals surface area contributed by atoms with E-state index < -0.39 is 0 Å². The summed E-state index contributed by atoms with van der Waals surface area (Å²) < 4.78 is 8.59. The molecule has 0 saturated heterocycles. The number of nitrogens with one attached hydrogen (secondary N) is 1. The number of imidazole rings is 1. The van der Waals surface area contributed by atoms with Crippen LogP contribution >= 0.6 is 11.3 Å². The van der Waals surface area contributed by atoms with Gasteiger partial charge in [0.15, 0.2) is 4.96 Å². The van der Waals surface area contributed by atoms with Gasteiger partial charge < -0.3 is 10.1 Å². The SMILES string of the molecule is CCOc1ccc(CNC(=O)c2ccc3c(c2)sc2nc(-c4ccc(C)cc4)cn23)cc1. The van der Waals surface area contributed by atoms with E-state index in [1.54, 1.807) is 11.3 Å². The minimum Gasteiger partial charge on any atom is -0.494 e. The van der Waals surface area contributed by atoms with Crippen molar-refractivity contribution in [3.63, 3.8) is 0 Å². The molecule has 0 aliphatic heterocycles. The molecule has 5 aromatic rings. The van der Waals surface area contributed by atoms with E-state index in [-0.39, 0.29) is 5.91 Å². The summed E-state index contributed by atoms with van der Waals surface area (Å²) in [5, 5.41) is 3.00. The van der Waals surface area contributed by atoms with E-state index in [1.807, 2.05) is 49.4 Å². The molecule has 160 valence electrons. The van der Waals surface area contributed by atoms with Crippen LogP contribution in [-0.4, -0.2) is 21.9 Å². The number of thiazole rings is 1. The Hall–Kier alpha value is -3.64. The zero-order valence-corrected chi connectivity index (χ0v) is 18.8. The van der Waals surface area contributed by atoms with Gasteiger partial charge in [-0.2, -0.15) is 0 Å². The molecule has 0 atom stereocenters. The first-order valence-electron chi connectivity index (χ1n) is 10.6. The number of aryl methyl sites for hydroxylation is 1. The molecule has 0 unspecified atom stereocenters. The van der Waals surface area contributed by atoms with Crippen LogP contribution in [0, 0.1) is 6.92 Å². The molecule has 0 saturated carbocycles. The molecule has 5 nitrogen and oxygen atoms in total. The average molecular weight is 442 g/mol. The predicted molar refractivity (Wildman–Crippen MR) is 130 cm³/mol. The summed E-state index contributed by atoms with van der Waals surface area (Å²) in [5.74, 6) is 0.744. The number of benzene rings is 3. The van der Waals surface area contributed by atoms with Crippen LogP contribution in [0.1, 0.15) is 28.4 Å². The third kappa shape index (κ3) is 3.97. The van der Waals surface area contributed by atoms with Crippen molar-refractivity contribution < 1.29 is 9.53 Å². The lowest BCUT2D eigenvalue weighted by atomic mass is 10.1. The Bertz CT molecular complexity index is 1400. The number of hydrogen-bond donors (Lipinski definition) is 1. The van der Waals surface area contributed by atoms with Crippen molar-refractivity contribution in [2.24, 2.45) is 0 Å². The molecular weight excluding hydrogens is 418 g/mol. The summed E-state index contributed by atoms with van der Waals surface area (Å²) in [5.41, 5.74) is 6.01. The number of ether oxygens (including phenoxy) is 1. The summed E-state index contributed by atoms with van der Waals surface area (Å²) in [7, 11) is 0. The number of hydrogen-bond acceptors (Lipinski definition) is 4. The molecule has 0 radical (unpaired) electrons. The molecule has 0 spiro atoms. The third-order valence-electron chi connectivity index (χ3n) is 5.39. The lowest BCUT2D eigenvalue weighted by Gasteiger charge is -2.07. The Balaban J connectivity index is 1.33. The van der Waals surface area contributed by atoms with E-state index in [0.717, 1.165) is 37.7 Å². The number of aromatic nitrogens is 2. The Kier molecular flexibility index (Phi) is 5.37. The van der Waals surface area contributed by atoms with E-state index >= 15 is 0 Å². The first-order valence-corrected chi connectivity index (χ1v) is 11.4. The molecule has 3 aromatic carbocycles. The molecule has 2 heterocycles. The van der Waals surface area contributed by atoms with E-state index in [1.165, 1.54) is 5.56 Å². The molecule has 32 heavy (non-hydrogen) atoms. The maximum Gasteiger partial charge on any atom is 0.251 e. The minimum absolute atomic E-state index is 0.0906. The molecule has 2 aromatic heterocycles. The van der Waals surface area contributed by atoms with Crippen LogP contribution in [-0.2, 0) is 6.54 Å². The fourth-order valence-corrected chi connectivity index (χ4v) is 4.71. The average Bonchev–Trinajstić information content (AvgIpc) is 3.37. The summed E-state index contributed by atoms with van der Waals surface area (Å²) in [6, 6.07) is 22.0. The lowest BCUT2D eigenvalue weighted by molar-refractivity contribution is 0.0951. The third-order valence-corrected chi connectivity index (χ3v) is 6.41. The Morgan fingerprint density at radius 2 is 1.84 bits per heavy atom. The maximum absolute atomic E-state index is 12.7. The second-order valence-corrected chi connectivity index (χ2v) is 8.70. The quantitative estimate of drug-likeness (QED) is 0.359. The van der Waals surface area contributed by atoms with Gasteiger partial charge in [-0.3, -0.25) is 9.20 Å². The zero-order chi connectivity index (χ0) is 22.1. The van der Waals surface area contributed by atoms with Crippen molar-refractivity contribution in [2.45, 2.75) is 20.4 Å². The second kappa shape index (κ2) is 8.48. The van der Waals surface area contributed by atoms with Crippen LogP contribution in [0.25, 0.3) is 26.4 Å². The van der Waals surface area contributed by atoms with Gasteiger partial charge >= 0.3 is 0 Å². The van der Waals surface area contributed by atoms with Gasteiger partial charge in [0.05, 0.1) is 22.5 Å². The van der Waals surface area contributed by atoms with E-state index in [4.69, 9.17) is 9.72 Å². The number of carbonyl (C=O) groups excluding carboxylic acids is 1. The van der Waals surface area contributed by atoms with E-state index in [0.29, 0.717) is 18.7 Å². The van der Waals surface area contributed by atoms with E-state index in [9.17, 15) is 4.79 Å². The largest absolute Gasteiger partial charge is 0.494 e. The fraction of sp³-hybridized carbons (Fsp3) is 0.154. The summed E-state index contributed by atoms with van der Waals surface area (Å²) >= 11 is 1.59. The van der Waals surface area contributed by atoms with Crippen LogP contribution in [0.15, 0.2) is 72.9 Å². The van der Waals surface area contributed by atoms with Crippen LogP contribution in [0.3, 0.4) is 0 Å². The van der Waals surface area contributed by atoms with Crippen molar-refractivity contribution in [3.05, 3.63) is 89.6 Å². The lowest BCUT2D eigenvalue weighted by Crippen LogP contribution is -2.22. The highest BCUT2D eigenvalue weighted by Gasteiger charge is 2.13. The second-order valence-electron chi connectivity index (χ2n) is 7.69. The number of nitrogens with zero attached hydrogens (tertiary/aromatic N) is 2. The van der Waals surface area contributed by atoms with Gasteiger partial charge in [-0.25, -0.2) is 4.98 Å². The van der Waals surface area contributed by atoms with Gasteiger partial charge in [0.25, 0.3) is 5.91 Å². The molecule has 1 amide bonds. The summed E-state index contributed by atoms with van der Waals surface area (Å²) in [6.07, 6.45) is 2.06. The highest BCUT2D eigenvalue weighted by molar-refractivity contribution is 7.23. The highest BCUT2D eigenvalue weighted by atomic mass is 32.1. The summed E-state index contributed by atoms with van der Waals surface area (Å²) in [6.45, 7) is 5.14. The van der Waals surface area contributed by atoms with Gasteiger partial charge in [-0.05, 0) is 49.7 Å². The van der Waals surface area contributed by atoms with Gasteiger partial charge in [-0.15, -0.1) is 0 Å². The minimum atomic E-state index is -0.0906. The monoisotopic (exact) mass is 441 g/mol. The molecule has 0 bridgehead atoms. The van der Waals surface area contributed by atoms with Crippen LogP contribution in [0.4, 0.5) is 0 Å². The highest BCUT2D eigenvalue weighted by Crippen LogP contribution is 2.30. The molecule has 6 heteroatoms. The first-order chi connectivity index (χ1) is 15.6. The Labute approximate surface area is 190 Å². The van der Waals surface area contributed by atoms with Gasteiger partial charge in [0, 0.05) is 23.9 Å². The molecule has 1 N–H and O–H groups in total. The predicted octanol–water partition coefficient (Wildman–Crippen LogP) is 5.85. The van der Waals surface area contributed by atoms with E-state index in [2.05, 4.69) is 47.1 Å². The Morgan fingerprint density at radius 3 is 2.59 bits per heavy atom. The molecular formula is C26H23N3O2S. The molecule has 5 rings (SSSR count). The Morgan fingerprint density at radius 1 is 1.06 bits per heavy atom. The van der Waals surface area contributed by atoms with Crippen molar-refractivity contribution in [1.82, 2.24) is 14.7 Å². The summed E-state index contributed by atoms with van der Waals surface area (Å²) in [4.78, 5) is 18.4. The fourth-order valence-electron chi connectivity index (χ4n) is 3.66. The standard InChI is InChI=1S/C26H23N3O2S/c1-3-31-21-11-6-18(7-12-21)15-27-25(30)20-10-13-23-24(14-20)32-26-28-22(16-29(23)26)19-8-4-17(2)5-9-19/h4-14,16H,3,15H2,1-2H3,(H,27,30). The van der Waals surface area contributed by atoms with Gasteiger partial charge in [-0.1, -0.05) is 53.3 Å². The van der Waals surface area contributed by atoms with Crippen LogP contribution < -0.4 is 10.1 Å². The molecule has 0 aliphatic rings. The van der Waals surface area contributed by atoms with Crippen LogP contribution in [0.2, 0.25) is 0 Å². The number of carbonyl (C=O) groups is 1. The first kappa shape index (κ1) is 20.3. The number of amides is 1. The topological polar surface area (TPSA) is 55.6 Å². The maximum atomic E-state index is 12.7. The molecule has 0 fully saturated rings. The zero-order valence-electron chi connectivity index (χ0n) is 18.0. The van der Waals surface area contributed by atoms with Crippen molar-refractivity contribution in [3.8, 4) is 17.0 Å². The van der Waals surface area contributed by atoms with Crippen molar-refractivity contribution in [2.75, 3.05) is 6.61 Å². The van der Waals surface area contributed by atoms with Crippen molar-refractivity contribution in [1.29, 1.82) is 0 Å². The van der Waals surface area contributed by atoms with Crippen molar-refractivity contribution >= 4 is 32.4 Å². The molecule has 0 aliphatic carbocycles. The number of fused-ring (bicyclic) bond motifs is 3.